The Morgan fingerprint density at radius 1 is 1.07 bits per heavy atom. The van der Waals surface area contributed by atoms with E-state index < -0.39 is 30.1 Å². The summed E-state index contributed by atoms with van der Waals surface area (Å²) < 4.78 is 40.6. The van der Waals surface area contributed by atoms with Gasteiger partial charge in [-0.3, -0.25) is 9.59 Å². The first-order valence-electron chi connectivity index (χ1n) is 14.5. The molecule has 2 amide bonds. The minimum atomic E-state index is -1.28. The number of hydrogen-bond acceptors (Lipinski definition) is 14. The highest BCUT2D eigenvalue weighted by Gasteiger charge is 2.59. The Kier molecular flexibility index (Phi) is 15.7. The zero-order valence-corrected chi connectivity index (χ0v) is 24.7. The van der Waals surface area contributed by atoms with Crippen molar-refractivity contribution in [3.8, 4) is 0 Å². The molecule has 1 aromatic heterocycles. The monoisotopic (exact) mass is 618 g/mol. The van der Waals surface area contributed by atoms with Crippen LogP contribution >= 0.6 is 0 Å². The van der Waals surface area contributed by atoms with Crippen LogP contribution in [0.2, 0.25) is 0 Å². The standard InChI is InChI=1S/C26H46N6O11/c1-19(33)29-22-23(35)24(36)26(18-42-25(22)43-26)17-41-14-13-39-12-11-38-10-9-37-8-6-32-15-20(30-31-32)16-40-7-5-28-21(34)3-2-4-27/h15,22-25,35-36H,2-14,16-18,27H2,1H3,(H,28,34)(H,29,33)/t22-,23-,24-,25+,26+/m1/s1. The Balaban J connectivity index is 1.11. The summed E-state index contributed by atoms with van der Waals surface area (Å²) >= 11 is 0. The molecule has 17 heteroatoms. The van der Waals surface area contributed by atoms with Crippen molar-refractivity contribution in [2.45, 2.75) is 63.1 Å². The van der Waals surface area contributed by atoms with Crippen LogP contribution in [0.25, 0.3) is 0 Å². The Labute approximate surface area is 250 Å². The average molecular weight is 619 g/mol. The van der Waals surface area contributed by atoms with Crippen molar-refractivity contribution in [3.05, 3.63) is 11.9 Å². The van der Waals surface area contributed by atoms with Crippen LogP contribution in [0.4, 0.5) is 0 Å². The van der Waals surface area contributed by atoms with Gasteiger partial charge in [-0.15, -0.1) is 5.10 Å². The number of nitrogens with two attached hydrogens (primary N) is 1. The van der Waals surface area contributed by atoms with Gasteiger partial charge in [0.1, 0.15) is 29.5 Å². The maximum absolute atomic E-state index is 11.5. The molecular weight excluding hydrogens is 572 g/mol. The van der Waals surface area contributed by atoms with Crippen molar-refractivity contribution in [1.29, 1.82) is 0 Å². The minimum absolute atomic E-state index is 0.00651. The number of aliphatic hydroxyl groups is 2. The highest BCUT2D eigenvalue weighted by Crippen LogP contribution is 2.37. The zero-order chi connectivity index (χ0) is 30.9. The molecule has 0 aromatic carbocycles. The normalized spacial score (nSPS) is 24.7. The molecule has 0 aliphatic carbocycles. The molecule has 2 aliphatic heterocycles. The van der Waals surface area contributed by atoms with Crippen LogP contribution in [0.5, 0.6) is 0 Å². The number of amides is 2. The van der Waals surface area contributed by atoms with Gasteiger partial charge in [0.15, 0.2) is 6.29 Å². The van der Waals surface area contributed by atoms with E-state index in [1.165, 1.54) is 6.92 Å². The molecule has 246 valence electrons. The van der Waals surface area contributed by atoms with Crippen molar-refractivity contribution in [2.75, 3.05) is 79.2 Å². The highest BCUT2D eigenvalue weighted by atomic mass is 16.8. The van der Waals surface area contributed by atoms with E-state index in [9.17, 15) is 19.8 Å². The van der Waals surface area contributed by atoms with Crippen LogP contribution in [0.3, 0.4) is 0 Å². The number of rotatable bonds is 23. The second-order valence-corrected chi connectivity index (χ2v) is 10.2. The summed E-state index contributed by atoms with van der Waals surface area (Å²) in [7, 11) is 0. The van der Waals surface area contributed by atoms with Crippen molar-refractivity contribution < 1.29 is 53.0 Å². The SMILES string of the molecule is CC(=O)N[C@H]1[C@H]2OC[C@](COCCOCCOCCOCCn3cc(COCCNC(=O)CCCN)nn3)(O2)[C@H](O)[C@@H]1O. The quantitative estimate of drug-likeness (QED) is 0.0776. The number of fused-ring (bicyclic) bond motifs is 2. The van der Waals surface area contributed by atoms with E-state index in [1.807, 2.05) is 0 Å². The molecule has 0 saturated carbocycles. The van der Waals surface area contributed by atoms with E-state index >= 15 is 0 Å². The number of nitrogens with zero attached hydrogens (tertiary/aromatic N) is 3. The van der Waals surface area contributed by atoms with Crippen molar-refractivity contribution in [3.63, 3.8) is 0 Å². The van der Waals surface area contributed by atoms with Crippen LogP contribution in [0, 0.1) is 0 Å². The van der Waals surface area contributed by atoms with Crippen LogP contribution in [0.1, 0.15) is 25.5 Å². The van der Waals surface area contributed by atoms with Crippen LogP contribution in [-0.2, 0) is 55.9 Å². The maximum atomic E-state index is 11.5. The fraction of sp³-hybridized carbons (Fsp3) is 0.846. The molecule has 0 radical (unpaired) electrons. The van der Waals surface area contributed by atoms with Gasteiger partial charge < -0.3 is 59.7 Å². The molecular formula is C26H46N6O11. The third-order valence-corrected chi connectivity index (χ3v) is 6.68. The lowest BCUT2D eigenvalue weighted by molar-refractivity contribution is -0.238. The molecule has 6 N–H and O–H groups in total. The molecule has 3 rings (SSSR count). The third kappa shape index (κ3) is 11.9. The molecule has 0 spiro atoms. The lowest BCUT2D eigenvalue weighted by atomic mass is 9.88. The number of aliphatic hydroxyl groups excluding tert-OH is 2. The first kappa shape index (κ1) is 35.2. The summed E-state index contributed by atoms with van der Waals surface area (Å²) in [5, 5.41) is 34.3. The van der Waals surface area contributed by atoms with Crippen molar-refractivity contribution >= 4 is 11.8 Å². The Hall–Kier alpha value is -2.32. The summed E-state index contributed by atoms with van der Waals surface area (Å²) in [4.78, 5) is 22.8. The molecule has 5 atom stereocenters. The van der Waals surface area contributed by atoms with Gasteiger partial charge >= 0.3 is 0 Å². The first-order chi connectivity index (χ1) is 20.8. The van der Waals surface area contributed by atoms with Gasteiger partial charge in [0.2, 0.25) is 11.8 Å². The van der Waals surface area contributed by atoms with Crippen LogP contribution < -0.4 is 16.4 Å². The lowest BCUT2D eigenvalue weighted by Gasteiger charge is -2.42. The summed E-state index contributed by atoms with van der Waals surface area (Å²) in [6.07, 6.45) is -0.493. The molecule has 2 bridgehead atoms. The second-order valence-electron chi connectivity index (χ2n) is 10.2. The number of carbonyl (C=O) groups excluding carboxylic acids is 2. The highest BCUT2D eigenvalue weighted by molar-refractivity contribution is 5.75. The molecule has 2 fully saturated rings. The second kappa shape index (κ2) is 19.1. The van der Waals surface area contributed by atoms with E-state index in [4.69, 9.17) is 38.9 Å². The fourth-order valence-corrected chi connectivity index (χ4v) is 4.44. The molecule has 17 nitrogen and oxygen atoms in total. The Morgan fingerprint density at radius 3 is 2.47 bits per heavy atom. The lowest BCUT2D eigenvalue weighted by Crippen LogP contribution is -2.66. The smallest absolute Gasteiger partial charge is 0.220 e. The van der Waals surface area contributed by atoms with Crippen LogP contribution in [-0.4, -0.2) is 146 Å². The summed E-state index contributed by atoms with van der Waals surface area (Å²) in [5.74, 6) is -0.389. The molecule has 3 heterocycles. The number of carbonyl (C=O) groups is 2. The molecule has 43 heavy (non-hydrogen) atoms. The molecule has 1 aromatic rings. The van der Waals surface area contributed by atoms with Gasteiger partial charge in [-0.1, -0.05) is 5.21 Å². The maximum Gasteiger partial charge on any atom is 0.220 e. The minimum Gasteiger partial charge on any atom is -0.388 e. The van der Waals surface area contributed by atoms with Gasteiger partial charge in [-0.05, 0) is 13.0 Å². The predicted octanol–water partition coefficient (Wildman–Crippen LogP) is -2.93. The van der Waals surface area contributed by atoms with E-state index in [0.717, 1.165) is 0 Å². The first-order valence-corrected chi connectivity index (χ1v) is 14.5. The van der Waals surface area contributed by atoms with Gasteiger partial charge in [-0.2, -0.15) is 0 Å². The summed E-state index contributed by atoms with van der Waals surface area (Å²) in [6.45, 7) is 6.14. The molecule has 2 aliphatic rings. The average Bonchev–Trinajstić information content (AvgIpc) is 3.62. The predicted molar refractivity (Wildman–Crippen MR) is 147 cm³/mol. The van der Waals surface area contributed by atoms with Crippen LogP contribution in [0.15, 0.2) is 6.20 Å². The van der Waals surface area contributed by atoms with Gasteiger partial charge in [0.25, 0.3) is 0 Å². The number of nitrogens with one attached hydrogen (secondary N) is 2. The van der Waals surface area contributed by atoms with Gasteiger partial charge in [-0.25, -0.2) is 4.68 Å². The molecule has 0 unspecified atom stereocenters. The van der Waals surface area contributed by atoms with E-state index in [-0.39, 0.29) is 31.6 Å². The topological polar surface area (TPSA) is 220 Å². The Morgan fingerprint density at radius 2 is 1.77 bits per heavy atom. The van der Waals surface area contributed by atoms with E-state index in [2.05, 4.69) is 20.9 Å². The summed E-state index contributed by atoms with van der Waals surface area (Å²) in [5.41, 5.74) is 4.88. The Bertz CT molecular complexity index is 956. The van der Waals surface area contributed by atoms with E-state index in [1.54, 1.807) is 10.9 Å². The molecule has 2 saturated heterocycles. The van der Waals surface area contributed by atoms with E-state index in [0.29, 0.717) is 91.0 Å². The van der Waals surface area contributed by atoms with Gasteiger partial charge in [0, 0.05) is 19.9 Å². The number of aromatic nitrogens is 3. The van der Waals surface area contributed by atoms with Gasteiger partial charge in [0.05, 0.1) is 85.4 Å². The summed E-state index contributed by atoms with van der Waals surface area (Å²) in [6, 6.07) is -0.851. The van der Waals surface area contributed by atoms with Crippen molar-refractivity contribution in [2.24, 2.45) is 5.73 Å². The third-order valence-electron chi connectivity index (χ3n) is 6.68. The zero-order valence-electron chi connectivity index (χ0n) is 24.7. The van der Waals surface area contributed by atoms with Crippen molar-refractivity contribution in [1.82, 2.24) is 25.6 Å². The number of hydrogen-bond donors (Lipinski definition) is 5. The largest absolute Gasteiger partial charge is 0.388 e. The number of ether oxygens (including phenoxy) is 7. The fourth-order valence-electron chi connectivity index (χ4n) is 4.44.